The van der Waals surface area contributed by atoms with Crippen LogP contribution in [0.4, 0.5) is 0 Å². The molecule has 0 N–H and O–H groups in total. The Hall–Kier alpha value is -2.38. The topological polar surface area (TPSA) is 67.3 Å². The second-order valence-electron chi connectivity index (χ2n) is 7.19. The standard InChI is InChI=1S/C22H22N2O3S2/c25-22(15-28-21-11-10-18-8-4-5-9-20(18)23-21)24(14-17-6-2-1-3-7-17)19-12-13-29(26,27)16-19/h1-11,19H,12-16H2. The number of para-hydroxylation sites is 1. The summed E-state index contributed by atoms with van der Waals surface area (Å²) in [5.74, 6) is 0.366. The van der Waals surface area contributed by atoms with Gasteiger partial charge >= 0.3 is 0 Å². The van der Waals surface area contributed by atoms with Crippen molar-refractivity contribution in [1.82, 2.24) is 9.88 Å². The van der Waals surface area contributed by atoms with Crippen molar-refractivity contribution in [2.24, 2.45) is 0 Å². The molecule has 0 aliphatic carbocycles. The van der Waals surface area contributed by atoms with Crippen molar-refractivity contribution >= 4 is 38.4 Å². The van der Waals surface area contributed by atoms with E-state index in [2.05, 4.69) is 4.98 Å². The number of nitrogens with zero attached hydrogens (tertiary/aromatic N) is 2. The first kappa shape index (κ1) is 19.9. The molecule has 0 spiro atoms. The molecule has 1 fully saturated rings. The number of aromatic nitrogens is 1. The molecular weight excluding hydrogens is 404 g/mol. The highest BCUT2D eigenvalue weighted by Gasteiger charge is 2.34. The summed E-state index contributed by atoms with van der Waals surface area (Å²) < 4.78 is 23.9. The summed E-state index contributed by atoms with van der Waals surface area (Å²) in [5, 5.41) is 1.85. The largest absolute Gasteiger partial charge is 0.334 e. The molecule has 1 saturated heterocycles. The van der Waals surface area contributed by atoms with Gasteiger partial charge in [-0.1, -0.05) is 66.4 Å². The molecule has 150 valence electrons. The molecule has 0 bridgehead atoms. The second kappa shape index (κ2) is 8.55. The number of sulfone groups is 1. The quantitative estimate of drug-likeness (QED) is 0.564. The third-order valence-corrected chi connectivity index (χ3v) is 7.75. The van der Waals surface area contributed by atoms with Crippen LogP contribution in [0.1, 0.15) is 12.0 Å². The molecule has 1 amide bonds. The van der Waals surface area contributed by atoms with Crippen LogP contribution in [-0.4, -0.2) is 47.5 Å². The Bertz CT molecular complexity index is 1120. The van der Waals surface area contributed by atoms with E-state index in [-0.39, 0.29) is 29.2 Å². The zero-order valence-corrected chi connectivity index (χ0v) is 17.5. The van der Waals surface area contributed by atoms with Crippen molar-refractivity contribution in [3.8, 4) is 0 Å². The van der Waals surface area contributed by atoms with Crippen LogP contribution in [0.25, 0.3) is 10.9 Å². The van der Waals surface area contributed by atoms with Gasteiger partial charge < -0.3 is 4.90 Å². The normalized spacial score (nSPS) is 18.0. The second-order valence-corrected chi connectivity index (χ2v) is 10.4. The molecule has 1 aromatic heterocycles. The van der Waals surface area contributed by atoms with Crippen molar-refractivity contribution in [2.75, 3.05) is 17.3 Å². The Morgan fingerprint density at radius 3 is 2.55 bits per heavy atom. The van der Waals surface area contributed by atoms with E-state index in [0.29, 0.717) is 13.0 Å². The Morgan fingerprint density at radius 1 is 1.03 bits per heavy atom. The van der Waals surface area contributed by atoms with E-state index in [1.165, 1.54) is 11.8 Å². The lowest BCUT2D eigenvalue weighted by molar-refractivity contribution is -0.130. The van der Waals surface area contributed by atoms with Gasteiger partial charge in [0.25, 0.3) is 0 Å². The molecule has 1 unspecified atom stereocenters. The van der Waals surface area contributed by atoms with Crippen molar-refractivity contribution in [2.45, 2.75) is 24.0 Å². The SMILES string of the molecule is O=C(CSc1ccc2ccccc2n1)N(Cc1ccccc1)C1CCS(=O)(=O)C1. The van der Waals surface area contributed by atoms with Gasteiger partial charge in [-0.3, -0.25) is 4.79 Å². The molecule has 2 heterocycles. The van der Waals surface area contributed by atoms with Crippen LogP contribution in [0, 0.1) is 0 Å². The van der Waals surface area contributed by atoms with Crippen molar-refractivity contribution in [1.29, 1.82) is 0 Å². The van der Waals surface area contributed by atoms with Crippen LogP contribution in [-0.2, 0) is 21.2 Å². The number of carbonyl (C=O) groups excluding carboxylic acids is 1. The lowest BCUT2D eigenvalue weighted by Gasteiger charge is -2.28. The molecule has 3 aromatic rings. The third-order valence-electron chi connectivity index (χ3n) is 5.08. The molecule has 7 heteroatoms. The van der Waals surface area contributed by atoms with Gasteiger partial charge in [-0.2, -0.15) is 0 Å². The fourth-order valence-corrected chi connectivity index (χ4v) is 6.06. The van der Waals surface area contributed by atoms with Gasteiger partial charge in [0, 0.05) is 18.0 Å². The van der Waals surface area contributed by atoms with Crippen LogP contribution < -0.4 is 0 Å². The van der Waals surface area contributed by atoms with E-state index in [1.807, 2.05) is 66.7 Å². The number of carbonyl (C=O) groups is 1. The van der Waals surface area contributed by atoms with Gasteiger partial charge in [0.05, 0.1) is 27.8 Å². The average molecular weight is 427 g/mol. The summed E-state index contributed by atoms with van der Waals surface area (Å²) in [4.78, 5) is 19.4. The Labute approximate surface area is 175 Å². The van der Waals surface area contributed by atoms with Crippen LogP contribution in [0.2, 0.25) is 0 Å². The van der Waals surface area contributed by atoms with Crippen molar-refractivity contribution in [3.63, 3.8) is 0 Å². The van der Waals surface area contributed by atoms with E-state index in [4.69, 9.17) is 0 Å². The van der Waals surface area contributed by atoms with Crippen molar-refractivity contribution < 1.29 is 13.2 Å². The van der Waals surface area contributed by atoms with E-state index in [9.17, 15) is 13.2 Å². The van der Waals surface area contributed by atoms with Crippen LogP contribution in [0.15, 0.2) is 71.8 Å². The smallest absolute Gasteiger partial charge is 0.233 e. The van der Waals surface area contributed by atoms with E-state index < -0.39 is 9.84 Å². The molecule has 1 aliphatic heterocycles. The fraction of sp³-hybridized carbons (Fsp3) is 0.273. The van der Waals surface area contributed by atoms with Gasteiger partial charge in [0.15, 0.2) is 9.84 Å². The zero-order valence-electron chi connectivity index (χ0n) is 15.9. The highest BCUT2D eigenvalue weighted by Crippen LogP contribution is 2.24. The van der Waals surface area contributed by atoms with Gasteiger partial charge in [-0.05, 0) is 24.1 Å². The summed E-state index contributed by atoms with van der Waals surface area (Å²) in [6.45, 7) is 0.422. The van der Waals surface area contributed by atoms with Gasteiger partial charge in [0.1, 0.15) is 0 Å². The third kappa shape index (κ3) is 4.97. The number of fused-ring (bicyclic) bond motifs is 1. The van der Waals surface area contributed by atoms with Gasteiger partial charge in [0.2, 0.25) is 5.91 Å². The number of benzene rings is 2. The summed E-state index contributed by atoms with van der Waals surface area (Å²) in [5.41, 5.74) is 1.90. The first-order valence-electron chi connectivity index (χ1n) is 9.53. The van der Waals surface area contributed by atoms with Crippen LogP contribution in [0.5, 0.6) is 0 Å². The molecule has 1 aliphatic rings. The number of amides is 1. The molecule has 5 nitrogen and oxygen atoms in total. The van der Waals surface area contributed by atoms with E-state index >= 15 is 0 Å². The molecule has 0 radical (unpaired) electrons. The van der Waals surface area contributed by atoms with E-state index in [0.717, 1.165) is 21.5 Å². The highest BCUT2D eigenvalue weighted by molar-refractivity contribution is 7.99. The molecular formula is C22H22N2O3S2. The Balaban J connectivity index is 1.49. The maximum atomic E-state index is 13.1. The molecule has 4 rings (SSSR count). The minimum Gasteiger partial charge on any atom is -0.334 e. The Kier molecular flexibility index (Phi) is 5.87. The summed E-state index contributed by atoms with van der Waals surface area (Å²) in [7, 11) is -3.07. The Morgan fingerprint density at radius 2 is 1.79 bits per heavy atom. The minimum atomic E-state index is -3.07. The molecule has 29 heavy (non-hydrogen) atoms. The zero-order chi connectivity index (χ0) is 20.3. The first-order valence-corrected chi connectivity index (χ1v) is 12.3. The monoisotopic (exact) mass is 426 g/mol. The number of rotatable bonds is 6. The predicted molar refractivity (Wildman–Crippen MR) is 117 cm³/mol. The summed E-state index contributed by atoms with van der Waals surface area (Å²) >= 11 is 1.39. The van der Waals surface area contributed by atoms with Crippen LogP contribution in [0.3, 0.4) is 0 Å². The van der Waals surface area contributed by atoms with Gasteiger partial charge in [-0.25, -0.2) is 13.4 Å². The number of hydrogen-bond acceptors (Lipinski definition) is 5. The van der Waals surface area contributed by atoms with Crippen molar-refractivity contribution in [3.05, 3.63) is 72.3 Å². The van der Waals surface area contributed by atoms with Crippen LogP contribution >= 0.6 is 11.8 Å². The number of hydrogen-bond donors (Lipinski definition) is 0. The number of pyridine rings is 1. The van der Waals surface area contributed by atoms with Gasteiger partial charge in [-0.15, -0.1) is 0 Å². The number of thioether (sulfide) groups is 1. The average Bonchev–Trinajstić information content (AvgIpc) is 3.10. The molecule has 2 aromatic carbocycles. The minimum absolute atomic E-state index is 0.0461. The van der Waals surface area contributed by atoms with E-state index in [1.54, 1.807) is 4.90 Å². The first-order chi connectivity index (χ1) is 14.0. The lowest BCUT2D eigenvalue weighted by atomic mass is 10.1. The summed E-state index contributed by atoms with van der Waals surface area (Å²) in [6.07, 6.45) is 0.500. The molecule has 0 saturated carbocycles. The predicted octanol–water partition coefficient (Wildman–Crippen LogP) is 3.54. The molecule has 1 atom stereocenters. The fourth-order valence-electron chi connectivity index (χ4n) is 3.57. The lowest BCUT2D eigenvalue weighted by Crippen LogP contribution is -2.41. The maximum absolute atomic E-state index is 13.1. The highest BCUT2D eigenvalue weighted by atomic mass is 32.2. The maximum Gasteiger partial charge on any atom is 0.233 e. The summed E-state index contributed by atoms with van der Waals surface area (Å²) in [6, 6.07) is 21.2.